The van der Waals surface area contributed by atoms with Crippen molar-refractivity contribution in [2.45, 2.75) is 32.2 Å². The van der Waals surface area contributed by atoms with Gasteiger partial charge in [-0.3, -0.25) is 9.10 Å². The van der Waals surface area contributed by atoms with E-state index < -0.39 is 10.0 Å². The van der Waals surface area contributed by atoms with Gasteiger partial charge in [0.2, 0.25) is 15.9 Å². The summed E-state index contributed by atoms with van der Waals surface area (Å²) < 4.78 is 25.4. The summed E-state index contributed by atoms with van der Waals surface area (Å²) in [6.07, 6.45) is 4.41. The van der Waals surface area contributed by atoms with Gasteiger partial charge in [-0.05, 0) is 55.0 Å². The Hall–Kier alpha value is -2.05. The zero-order valence-corrected chi connectivity index (χ0v) is 17.0. The van der Waals surface area contributed by atoms with Crippen molar-refractivity contribution in [1.29, 1.82) is 0 Å². The Bertz CT molecular complexity index is 959. The fourth-order valence-corrected chi connectivity index (χ4v) is 4.55. The number of aryl methyl sites for hydroxylation is 2. The van der Waals surface area contributed by atoms with E-state index in [0.717, 1.165) is 29.0 Å². The van der Waals surface area contributed by atoms with Gasteiger partial charge in [0, 0.05) is 0 Å². The second-order valence-corrected chi connectivity index (χ2v) is 9.21. The van der Waals surface area contributed by atoms with E-state index in [-0.39, 0.29) is 23.5 Å². The molecule has 1 unspecified atom stereocenters. The number of fused-ring (bicyclic) bond motifs is 1. The number of sulfonamides is 1. The van der Waals surface area contributed by atoms with E-state index in [4.69, 9.17) is 11.6 Å². The first-order valence-corrected chi connectivity index (χ1v) is 11.1. The van der Waals surface area contributed by atoms with Crippen LogP contribution in [0.4, 0.5) is 5.69 Å². The topological polar surface area (TPSA) is 66.5 Å². The largest absolute Gasteiger partial charge is 0.348 e. The highest BCUT2D eigenvalue weighted by Crippen LogP contribution is 2.28. The van der Waals surface area contributed by atoms with Gasteiger partial charge < -0.3 is 5.32 Å². The Labute approximate surface area is 165 Å². The number of rotatable bonds is 6. The number of halogens is 1. The van der Waals surface area contributed by atoms with Crippen LogP contribution >= 0.6 is 11.6 Å². The predicted octanol–water partition coefficient (Wildman–Crippen LogP) is 3.47. The quantitative estimate of drug-likeness (QED) is 0.798. The molecule has 1 aliphatic rings. The molecule has 0 fully saturated rings. The molecule has 27 heavy (non-hydrogen) atoms. The maximum atomic E-state index is 12.5. The third-order valence-corrected chi connectivity index (χ3v) is 6.25. The van der Waals surface area contributed by atoms with Crippen LogP contribution in [0.15, 0.2) is 42.5 Å². The zero-order chi connectivity index (χ0) is 19.6. The molecule has 0 radical (unpaired) electrons. The number of anilines is 1. The second-order valence-electron chi connectivity index (χ2n) is 6.89. The third-order valence-electron chi connectivity index (χ3n) is 4.81. The fourth-order valence-electron chi connectivity index (χ4n) is 3.40. The number of carbonyl (C=O) groups excluding carboxylic acids is 1. The Morgan fingerprint density at radius 1 is 1.19 bits per heavy atom. The molecule has 2 aromatic carbocycles. The van der Waals surface area contributed by atoms with Crippen molar-refractivity contribution in [1.82, 2.24) is 5.32 Å². The highest BCUT2D eigenvalue weighted by Gasteiger charge is 2.24. The summed E-state index contributed by atoms with van der Waals surface area (Å²) in [7, 11) is -3.66. The molecule has 2 aromatic rings. The molecule has 7 heteroatoms. The van der Waals surface area contributed by atoms with E-state index in [0.29, 0.717) is 5.69 Å². The summed E-state index contributed by atoms with van der Waals surface area (Å²) in [6.45, 7) is 1.58. The van der Waals surface area contributed by atoms with Crippen molar-refractivity contribution in [3.63, 3.8) is 0 Å². The number of hydrogen-bond acceptors (Lipinski definition) is 3. The summed E-state index contributed by atoms with van der Waals surface area (Å²) in [5, 5.41) is 3.17. The minimum atomic E-state index is -3.66. The Kier molecular flexibility index (Phi) is 5.77. The molecule has 0 heterocycles. The van der Waals surface area contributed by atoms with Crippen LogP contribution in [0.1, 0.15) is 36.1 Å². The molecule has 0 saturated carbocycles. The van der Waals surface area contributed by atoms with Crippen molar-refractivity contribution >= 4 is 33.2 Å². The standard InChI is InChI=1S/C20H23ClN2O3S/c1-14(16-11-10-15-6-5-7-17(15)12-16)22-20(24)13-23(27(2,25)26)19-9-4-3-8-18(19)21/h3-4,8-12,14H,5-7,13H2,1-2H3,(H,22,24). The molecule has 5 nitrogen and oxygen atoms in total. The Morgan fingerprint density at radius 3 is 2.59 bits per heavy atom. The molecule has 0 aromatic heterocycles. The van der Waals surface area contributed by atoms with E-state index in [1.807, 2.05) is 13.0 Å². The lowest BCUT2D eigenvalue weighted by molar-refractivity contribution is -0.120. The van der Waals surface area contributed by atoms with Crippen molar-refractivity contribution in [3.05, 3.63) is 64.2 Å². The normalized spacial score (nSPS) is 14.5. The first kappa shape index (κ1) is 19.7. The SMILES string of the molecule is CC(NC(=O)CN(c1ccccc1Cl)S(C)(=O)=O)c1ccc2c(c1)CCC2. The van der Waals surface area contributed by atoms with Gasteiger partial charge in [0.1, 0.15) is 6.54 Å². The molecule has 0 bridgehead atoms. The molecular formula is C20H23ClN2O3S. The summed E-state index contributed by atoms with van der Waals surface area (Å²) in [4.78, 5) is 12.5. The third kappa shape index (κ3) is 4.62. The van der Waals surface area contributed by atoms with E-state index in [1.165, 1.54) is 17.5 Å². The molecule has 1 aliphatic carbocycles. The van der Waals surface area contributed by atoms with Gasteiger partial charge in [-0.2, -0.15) is 0 Å². The first-order valence-electron chi connectivity index (χ1n) is 8.89. The summed E-state index contributed by atoms with van der Waals surface area (Å²) in [5.74, 6) is -0.381. The predicted molar refractivity (Wildman–Crippen MR) is 109 cm³/mol. The Balaban J connectivity index is 1.74. The highest BCUT2D eigenvalue weighted by molar-refractivity contribution is 7.92. The molecule has 0 aliphatic heterocycles. The van der Waals surface area contributed by atoms with Gasteiger partial charge in [-0.15, -0.1) is 0 Å². The van der Waals surface area contributed by atoms with Crippen LogP contribution in [-0.2, 0) is 27.7 Å². The van der Waals surface area contributed by atoms with Gasteiger partial charge >= 0.3 is 0 Å². The maximum Gasteiger partial charge on any atom is 0.241 e. The summed E-state index contributed by atoms with van der Waals surface area (Å²) in [6, 6.07) is 12.6. The average molecular weight is 407 g/mol. The highest BCUT2D eigenvalue weighted by atomic mass is 35.5. The van der Waals surface area contributed by atoms with Crippen molar-refractivity contribution in [2.75, 3.05) is 17.1 Å². The summed E-state index contributed by atoms with van der Waals surface area (Å²) >= 11 is 6.13. The number of nitrogens with one attached hydrogen (secondary N) is 1. The molecule has 1 N–H and O–H groups in total. The summed E-state index contributed by atoms with van der Waals surface area (Å²) in [5.41, 5.74) is 4.02. The smallest absolute Gasteiger partial charge is 0.241 e. The van der Waals surface area contributed by atoms with Crippen LogP contribution in [0.5, 0.6) is 0 Å². The van der Waals surface area contributed by atoms with Crippen LogP contribution in [0.2, 0.25) is 5.02 Å². The van der Waals surface area contributed by atoms with Crippen LogP contribution in [0, 0.1) is 0 Å². The number of para-hydroxylation sites is 1. The molecule has 1 atom stereocenters. The molecule has 1 amide bonds. The molecule has 0 spiro atoms. The minimum Gasteiger partial charge on any atom is -0.348 e. The minimum absolute atomic E-state index is 0.212. The average Bonchev–Trinajstić information content (AvgIpc) is 3.07. The van der Waals surface area contributed by atoms with Gasteiger partial charge in [0.05, 0.1) is 23.0 Å². The number of nitrogens with zero attached hydrogens (tertiary/aromatic N) is 1. The van der Waals surface area contributed by atoms with Gasteiger partial charge in [0.15, 0.2) is 0 Å². The molecule has 3 rings (SSSR count). The first-order chi connectivity index (χ1) is 12.8. The van der Waals surface area contributed by atoms with Crippen molar-refractivity contribution in [2.24, 2.45) is 0 Å². The van der Waals surface area contributed by atoms with E-state index >= 15 is 0 Å². The fraction of sp³-hybridized carbons (Fsp3) is 0.350. The maximum absolute atomic E-state index is 12.5. The van der Waals surface area contributed by atoms with Gasteiger partial charge in [0.25, 0.3) is 0 Å². The van der Waals surface area contributed by atoms with Gasteiger partial charge in [-0.1, -0.05) is 41.9 Å². The number of benzene rings is 2. The van der Waals surface area contributed by atoms with Crippen molar-refractivity contribution in [3.8, 4) is 0 Å². The zero-order valence-electron chi connectivity index (χ0n) is 15.4. The number of amides is 1. The monoisotopic (exact) mass is 406 g/mol. The van der Waals surface area contributed by atoms with Crippen molar-refractivity contribution < 1.29 is 13.2 Å². The van der Waals surface area contributed by atoms with E-state index in [9.17, 15) is 13.2 Å². The van der Waals surface area contributed by atoms with Crippen LogP contribution in [-0.4, -0.2) is 27.1 Å². The lowest BCUT2D eigenvalue weighted by Gasteiger charge is -2.24. The molecular weight excluding hydrogens is 384 g/mol. The van der Waals surface area contributed by atoms with Gasteiger partial charge in [-0.25, -0.2) is 8.42 Å². The Morgan fingerprint density at radius 2 is 1.89 bits per heavy atom. The van der Waals surface area contributed by atoms with E-state index in [1.54, 1.807) is 24.3 Å². The lowest BCUT2D eigenvalue weighted by atomic mass is 10.0. The van der Waals surface area contributed by atoms with Crippen LogP contribution in [0.25, 0.3) is 0 Å². The number of hydrogen-bond donors (Lipinski definition) is 1. The van der Waals surface area contributed by atoms with Crippen LogP contribution < -0.4 is 9.62 Å². The van der Waals surface area contributed by atoms with Crippen LogP contribution in [0.3, 0.4) is 0 Å². The lowest BCUT2D eigenvalue weighted by Crippen LogP contribution is -2.41. The van der Waals surface area contributed by atoms with E-state index in [2.05, 4.69) is 17.4 Å². The molecule has 144 valence electrons. The second kappa shape index (κ2) is 7.90. The number of carbonyl (C=O) groups is 1. The molecule has 0 saturated heterocycles.